The highest BCUT2D eigenvalue weighted by Gasteiger charge is 2.16. The first-order valence-corrected chi connectivity index (χ1v) is 6.70. The largest absolute Gasteiger partial charge is 0.369 e. The van der Waals surface area contributed by atoms with Gasteiger partial charge in [-0.1, -0.05) is 40.9 Å². The second-order valence-corrected chi connectivity index (χ2v) is 5.35. The van der Waals surface area contributed by atoms with Crippen molar-refractivity contribution in [2.75, 3.05) is 5.73 Å². The Morgan fingerprint density at radius 1 is 1.05 bits per heavy atom. The van der Waals surface area contributed by atoms with Crippen LogP contribution in [0.25, 0.3) is 16.7 Å². The molecule has 0 aliphatic heterocycles. The summed E-state index contributed by atoms with van der Waals surface area (Å²) in [4.78, 5) is 4.01. The number of aromatic nitrogens is 2. The Kier molecular flexibility index (Phi) is 3.24. The molecule has 3 nitrogen and oxygen atoms in total. The fraction of sp³-hybridized carbons (Fsp3) is 0. The first-order chi connectivity index (χ1) is 9.49. The van der Waals surface area contributed by atoms with Gasteiger partial charge in [0.15, 0.2) is 5.82 Å². The van der Waals surface area contributed by atoms with E-state index < -0.39 is 5.82 Å². The standard InChI is InChI=1S/C13H7Cl3FN3/c14-6-4-8(16)11(5-7(6)15)20-10-3-1-2-9(17)12(10)19-13(20)18/h1-5H,(H2,18,19). The minimum atomic E-state index is -0.455. The highest BCUT2D eigenvalue weighted by Crippen LogP contribution is 2.34. The van der Waals surface area contributed by atoms with Crippen LogP contribution in [0.3, 0.4) is 0 Å². The fourth-order valence-corrected chi connectivity index (χ4v) is 2.65. The van der Waals surface area contributed by atoms with Gasteiger partial charge in [0.25, 0.3) is 0 Å². The predicted octanol–water partition coefficient (Wildman–Crippen LogP) is 4.71. The Morgan fingerprint density at radius 2 is 1.75 bits per heavy atom. The molecule has 0 amide bonds. The zero-order valence-corrected chi connectivity index (χ0v) is 12.1. The molecule has 0 fully saturated rings. The third kappa shape index (κ3) is 2.00. The predicted molar refractivity (Wildman–Crippen MR) is 80.5 cm³/mol. The molecule has 0 bridgehead atoms. The van der Waals surface area contributed by atoms with Crippen LogP contribution in [0.2, 0.25) is 15.1 Å². The van der Waals surface area contributed by atoms with Gasteiger partial charge in [-0.3, -0.25) is 4.57 Å². The first-order valence-electron chi connectivity index (χ1n) is 5.56. The molecule has 0 saturated carbocycles. The Morgan fingerprint density at radius 3 is 2.50 bits per heavy atom. The minimum Gasteiger partial charge on any atom is -0.369 e. The number of rotatable bonds is 1. The topological polar surface area (TPSA) is 43.8 Å². The molecular weight excluding hydrogens is 324 g/mol. The van der Waals surface area contributed by atoms with Crippen LogP contribution in [0.4, 0.5) is 10.3 Å². The lowest BCUT2D eigenvalue weighted by molar-refractivity contribution is 0.637. The molecule has 0 spiro atoms. The van der Waals surface area contributed by atoms with Crippen LogP contribution in [-0.4, -0.2) is 9.55 Å². The number of halogens is 4. The van der Waals surface area contributed by atoms with Crippen LogP contribution in [0.1, 0.15) is 0 Å². The van der Waals surface area contributed by atoms with Crippen molar-refractivity contribution in [3.8, 4) is 5.69 Å². The summed E-state index contributed by atoms with van der Waals surface area (Å²) in [5.74, 6) is -0.338. The van der Waals surface area contributed by atoms with Crippen LogP contribution >= 0.6 is 34.8 Å². The Labute approximate surface area is 128 Å². The maximum Gasteiger partial charge on any atom is 0.206 e. The van der Waals surface area contributed by atoms with Crippen LogP contribution in [0, 0.1) is 5.82 Å². The van der Waals surface area contributed by atoms with Gasteiger partial charge in [-0.25, -0.2) is 9.37 Å². The molecule has 0 atom stereocenters. The van der Waals surface area contributed by atoms with Crippen molar-refractivity contribution in [2.45, 2.75) is 0 Å². The van der Waals surface area contributed by atoms with Gasteiger partial charge in [0, 0.05) is 0 Å². The number of nitrogens with zero attached hydrogens (tertiary/aromatic N) is 2. The molecule has 102 valence electrons. The summed E-state index contributed by atoms with van der Waals surface area (Å²) in [6.45, 7) is 0. The fourth-order valence-electron chi connectivity index (χ4n) is 2.02. The quantitative estimate of drug-likeness (QED) is 0.657. The Hall–Kier alpha value is -1.49. The molecule has 7 heteroatoms. The maximum atomic E-state index is 13.7. The number of anilines is 1. The molecule has 0 aliphatic rings. The van der Waals surface area contributed by atoms with Gasteiger partial charge in [-0.2, -0.15) is 0 Å². The molecule has 20 heavy (non-hydrogen) atoms. The molecule has 3 aromatic rings. The summed E-state index contributed by atoms with van der Waals surface area (Å²) < 4.78 is 15.3. The molecule has 2 aromatic carbocycles. The van der Waals surface area contributed by atoms with Gasteiger partial charge in [0.1, 0.15) is 5.52 Å². The zero-order chi connectivity index (χ0) is 14.4. The first kappa shape index (κ1) is 13.5. The van der Waals surface area contributed by atoms with Crippen LogP contribution in [0.15, 0.2) is 30.3 Å². The van der Waals surface area contributed by atoms with Crippen molar-refractivity contribution in [3.05, 3.63) is 51.2 Å². The Bertz CT molecular complexity index is 829. The van der Waals surface area contributed by atoms with Crippen LogP contribution < -0.4 is 5.73 Å². The second-order valence-electron chi connectivity index (χ2n) is 4.13. The summed E-state index contributed by atoms with van der Waals surface area (Å²) in [6.07, 6.45) is 0. The molecule has 1 heterocycles. The van der Waals surface area contributed by atoms with E-state index in [4.69, 9.17) is 40.5 Å². The summed E-state index contributed by atoms with van der Waals surface area (Å²) >= 11 is 18.1. The normalized spacial score (nSPS) is 11.2. The summed E-state index contributed by atoms with van der Waals surface area (Å²) in [5.41, 5.74) is 7.03. The molecule has 2 N–H and O–H groups in total. The van der Waals surface area contributed by atoms with Crippen LogP contribution in [0.5, 0.6) is 0 Å². The van der Waals surface area contributed by atoms with E-state index in [0.717, 1.165) is 0 Å². The third-order valence-electron chi connectivity index (χ3n) is 2.89. The van der Waals surface area contributed by atoms with E-state index in [9.17, 15) is 4.39 Å². The molecule has 0 unspecified atom stereocenters. The molecular formula is C13H7Cl3FN3. The molecule has 3 rings (SSSR count). The number of fused-ring (bicyclic) bond motifs is 1. The van der Waals surface area contributed by atoms with Crippen LogP contribution in [-0.2, 0) is 0 Å². The molecule has 0 aliphatic carbocycles. The number of nitrogen functional groups attached to an aromatic ring is 1. The lowest BCUT2D eigenvalue weighted by atomic mass is 10.2. The highest BCUT2D eigenvalue weighted by atomic mass is 35.5. The van der Waals surface area contributed by atoms with Gasteiger partial charge in [-0.05, 0) is 24.3 Å². The average molecular weight is 331 g/mol. The van der Waals surface area contributed by atoms with Gasteiger partial charge in [-0.15, -0.1) is 0 Å². The second kappa shape index (κ2) is 4.81. The summed E-state index contributed by atoms with van der Waals surface area (Å²) in [7, 11) is 0. The SMILES string of the molecule is Nc1nc2c(F)cccc2n1-c1cc(Cl)c(Cl)cc1Cl. The number of benzene rings is 2. The summed E-state index contributed by atoms with van der Waals surface area (Å²) in [6, 6.07) is 7.65. The number of nitrogens with two attached hydrogens (primary N) is 1. The van der Waals surface area contributed by atoms with E-state index in [0.29, 0.717) is 26.3 Å². The number of imidazole rings is 1. The zero-order valence-electron chi connectivity index (χ0n) is 9.87. The number of hydrogen-bond donors (Lipinski definition) is 1. The lowest BCUT2D eigenvalue weighted by Gasteiger charge is -2.10. The smallest absolute Gasteiger partial charge is 0.206 e. The van der Waals surface area contributed by atoms with E-state index in [1.807, 2.05) is 0 Å². The summed E-state index contributed by atoms with van der Waals surface area (Å²) in [5, 5.41) is 0.993. The third-order valence-corrected chi connectivity index (χ3v) is 3.92. The van der Waals surface area contributed by atoms with E-state index in [1.54, 1.807) is 18.2 Å². The molecule has 1 aromatic heterocycles. The van der Waals surface area contributed by atoms with Gasteiger partial charge in [0.05, 0.1) is 26.3 Å². The lowest BCUT2D eigenvalue weighted by Crippen LogP contribution is -2.01. The van der Waals surface area contributed by atoms with Crippen molar-refractivity contribution in [1.29, 1.82) is 0 Å². The highest BCUT2D eigenvalue weighted by molar-refractivity contribution is 6.43. The van der Waals surface area contributed by atoms with Crippen molar-refractivity contribution < 1.29 is 4.39 Å². The van der Waals surface area contributed by atoms with E-state index >= 15 is 0 Å². The number of hydrogen-bond acceptors (Lipinski definition) is 2. The van der Waals surface area contributed by atoms with Gasteiger partial charge in [0.2, 0.25) is 5.95 Å². The maximum absolute atomic E-state index is 13.7. The van der Waals surface area contributed by atoms with Crippen molar-refractivity contribution >= 4 is 51.8 Å². The number of para-hydroxylation sites is 1. The minimum absolute atomic E-state index is 0.116. The van der Waals surface area contributed by atoms with E-state index in [1.165, 1.54) is 16.7 Å². The van der Waals surface area contributed by atoms with Crippen molar-refractivity contribution in [2.24, 2.45) is 0 Å². The monoisotopic (exact) mass is 329 g/mol. The van der Waals surface area contributed by atoms with E-state index in [2.05, 4.69) is 4.98 Å². The molecule has 0 radical (unpaired) electrons. The van der Waals surface area contributed by atoms with E-state index in [-0.39, 0.29) is 11.5 Å². The van der Waals surface area contributed by atoms with Crippen molar-refractivity contribution in [3.63, 3.8) is 0 Å². The van der Waals surface area contributed by atoms with Gasteiger partial charge < -0.3 is 5.73 Å². The average Bonchev–Trinajstić information content (AvgIpc) is 2.72. The van der Waals surface area contributed by atoms with Crippen molar-refractivity contribution in [1.82, 2.24) is 9.55 Å². The van der Waals surface area contributed by atoms with Gasteiger partial charge >= 0.3 is 0 Å². The Balaban J connectivity index is 2.38. The molecule has 0 saturated heterocycles.